The predicted octanol–water partition coefficient (Wildman–Crippen LogP) is 2.98. The van der Waals surface area contributed by atoms with E-state index in [1.165, 1.54) is 0 Å². The number of para-hydroxylation sites is 1. The lowest BCUT2D eigenvalue weighted by Crippen LogP contribution is -2.08. The Labute approximate surface area is 140 Å². The lowest BCUT2D eigenvalue weighted by molar-refractivity contribution is 0.292. The minimum Gasteiger partial charge on any atom is -0.396 e. The summed E-state index contributed by atoms with van der Waals surface area (Å²) in [6.45, 7) is 0.810. The van der Waals surface area contributed by atoms with Gasteiger partial charge in [-0.2, -0.15) is 4.98 Å². The van der Waals surface area contributed by atoms with Gasteiger partial charge in [0, 0.05) is 36.6 Å². The van der Waals surface area contributed by atoms with E-state index in [4.69, 9.17) is 5.11 Å². The fourth-order valence-corrected chi connectivity index (χ4v) is 2.12. The molecule has 0 fully saturated rings. The Balaban J connectivity index is 0.00000192. The van der Waals surface area contributed by atoms with E-state index < -0.39 is 0 Å². The number of aromatic nitrogens is 3. The fourth-order valence-electron chi connectivity index (χ4n) is 2.12. The van der Waals surface area contributed by atoms with Crippen LogP contribution in [0.15, 0.2) is 48.8 Å². The number of aliphatic hydroxyl groups is 1. The molecule has 7 heteroatoms. The summed E-state index contributed by atoms with van der Waals surface area (Å²) in [7, 11) is 0. The molecule has 0 saturated heterocycles. The number of benzene rings is 1. The molecule has 0 aliphatic rings. The van der Waals surface area contributed by atoms with Crippen LogP contribution in [0.3, 0.4) is 0 Å². The largest absolute Gasteiger partial charge is 0.396 e. The highest BCUT2D eigenvalue weighted by atomic mass is 35.5. The van der Waals surface area contributed by atoms with Gasteiger partial charge in [0.15, 0.2) is 0 Å². The van der Waals surface area contributed by atoms with Crippen LogP contribution in [0.4, 0.5) is 17.5 Å². The van der Waals surface area contributed by atoms with Gasteiger partial charge in [-0.25, -0.2) is 4.98 Å². The summed E-state index contributed by atoms with van der Waals surface area (Å²) in [5.74, 6) is 1.28. The molecule has 0 aliphatic heterocycles. The number of nitrogens with one attached hydrogen (secondary N) is 2. The van der Waals surface area contributed by atoms with E-state index in [1.54, 1.807) is 12.4 Å². The van der Waals surface area contributed by atoms with Crippen molar-refractivity contribution in [3.05, 3.63) is 48.8 Å². The zero-order valence-corrected chi connectivity index (χ0v) is 13.3. The molecule has 0 atom stereocenters. The molecular weight excluding hydrogens is 314 g/mol. The Hall–Kier alpha value is -2.44. The summed E-state index contributed by atoms with van der Waals surface area (Å²) in [6, 6.07) is 11.6. The highest BCUT2D eigenvalue weighted by Gasteiger charge is 2.07. The average molecular weight is 332 g/mol. The number of nitrogens with zero attached hydrogens (tertiary/aromatic N) is 3. The Bertz CT molecular complexity index is 754. The lowest BCUT2D eigenvalue weighted by atomic mass is 10.2. The summed E-state index contributed by atoms with van der Waals surface area (Å²) in [6.07, 6.45) is 4.10. The standard InChI is InChI=1S/C16H17N5O.ClH/c22-11-3-8-18-15-13-4-1-2-5-14(13)20-16(21-15)19-12-6-9-17-10-7-12;/h1-2,4-7,9-10,22H,3,8,11H2,(H2,17,18,19,20,21);1H. The number of hydrogen-bond acceptors (Lipinski definition) is 6. The van der Waals surface area contributed by atoms with Gasteiger partial charge in [0.2, 0.25) is 5.95 Å². The molecule has 1 aromatic carbocycles. The molecular formula is C16H18ClN5O. The molecule has 2 aromatic heterocycles. The number of aliphatic hydroxyl groups excluding tert-OH is 1. The van der Waals surface area contributed by atoms with Crippen molar-refractivity contribution in [1.82, 2.24) is 15.0 Å². The van der Waals surface area contributed by atoms with Crippen LogP contribution >= 0.6 is 12.4 Å². The second-order valence-electron chi connectivity index (χ2n) is 4.78. The molecule has 0 aliphatic carbocycles. The van der Waals surface area contributed by atoms with Crippen molar-refractivity contribution in [2.75, 3.05) is 23.8 Å². The molecule has 3 rings (SSSR count). The van der Waals surface area contributed by atoms with E-state index in [2.05, 4.69) is 25.6 Å². The van der Waals surface area contributed by atoms with Crippen molar-refractivity contribution in [2.45, 2.75) is 6.42 Å². The molecule has 3 N–H and O–H groups in total. The first-order chi connectivity index (χ1) is 10.9. The van der Waals surface area contributed by atoms with Crippen molar-refractivity contribution < 1.29 is 5.11 Å². The van der Waals surface area contributed by atoms with Crippen LogP contribution in [0.5, 0.6) is 0 Å². The van der Waals surface area contributed by atoms with Gasteiger partial charge in [0.05, 0.1) is 5.52 Å². The van der Waals surface area contributed by atoms with E-state index in [0.29, 0.717) is 18.9 Å². The molecule has 6 nitrogen and oxygen atoms in total. The zero-order chi connectivity index (χ0) is 15.2. The SMILES string of the molecule is Cl.OCCCNc1nc(Nc2ccncc2)nc2ccccc12. The summed E-state index contributed by atoms with van der Waals surface area (Å²) in [5, 5.41) is 16.3. The summed E-state index contributed by atoms with van der Waals surface area (Å²) in [5.41, 5.74) is 1.74. The Morgan fingerprint density at radius 2 is 1.78 bits per heavy atom. The molecule has 0 saturated carbocycles. The topological polar surface area (TPSA) is 83.0 Å². The van der Waals surface area contributed by atoms with E-state index in [0.717, 1.165) is 22.4 Å². The van der Waals surface area contributed by atoms with Gasteiger partial charge in [0.25, 0.3) is 0 Å². The minimum atomic E-state index is 0. The van der Waals surface area contributed by atoms with Crippen LogP contribution in [0.25, 0.3) is 10.9 Å². The second kappa shape index (κ2) is 8.26. The summed E-state index contributed by atoms with van der Waals surface area (Å²) in [4.78, 5) is 13.0. The second-order valence-corrected chi connectivity index (χ2v) is 4.78. The normalized spacial score (nSPS) is 10.1. The van der Waals surface area contributed by atoms with Crippen molar-refractivity contribution in [2.24, 2.45) is 0 Å². The van der Waals surface area contributed by atoms with Crippen molar-refractivity contribution in [3.8, 4) is 0 Å². The molecule has 0 bridgehead atoms. The molecule has 0 spiro atoms. The van der Waals surface area contributed by atoms with E-state index in [-0.39, 0.29) is 19.0 Å². The molecule has 0 amide bonds. The first-order valence-corrected chi connectivity index (χ1v) is 7.15. The van der Waals surface area contributed by atoms with Gasteiger partial charge in [-0.3, -0.25) is 4.98 Å². The molecule has 120 valence electrons. The zero-order valence-electron chi connectivity index (χ0n) is 12.4. The number of anilines is 3. The average Bonchev–Trinajstić information content (AvgIpc) is 2.56. The van der Waals surface area contributed by atoms with Gasteiger partial charge in [-0.15, -0.1) is 12.4 Å². The van der Waals surface area contributed by atoms with Crippen LogP contribution < -0.4 is 10.6 Å². The fraction of sp³-hybridized carbons (Fsp3) is 0.188. The smallest absolute Gasteiger partial charge is 0.229 e. The van der Waals surface area contributed by atoms with E-state index in [1.807, 2.05) is 36.4 Å². The number of rotatable bonds is 6. The molecule has 2 heterocycles. The third-order valence-electron chi connectivity index (χ3n) is 3.17. The van der Waals surface area contributed by atoms with Crippen molar-refractivity contribution in [3.63, 3.8) is 0 Å². The van der Waals surface area contributed by atoms with Gasteiger partial charge in [-0.05, 0) is 30.7 Å². The maximum atomic E-state index is 8.92. The maximum Gasteiger partial charge on any atom is 0.229 e. The van der Waals surface area contributed by atoms with Crippen LogP contribution in [-0.2, 0) is 0 Å². The quantitative estimate of drug-likeness (QED) is 0.602. The molecule has 23 heavy (non-hydrogen) atoms. The summed E-state index contributed by atoms with van der Waals surface area (Å²) >= 11 is 0. The van der Waals surface area contributed by atoms with Crippen molar-refractivity contribution >= 4 is 40.8 Å². The highest BCUT2D eigenvalue weighted by Crippen LogP contribution is 2.23. The van der Waals surface area contributed by atoms with E-state index in [9.17, 15) is 0 Å². The Morgan fingerprint density at radius 1 is 1.00 bits per heavy atom. The Morgan fingerprint density at radius 3 is 2.57 bits per heavy atom. The number of pyridine rings is 1. The monoisotopic (exact) mass is 331 g/mol. The predicted molar refractivity (Wildman–Crippen MR) is 94.5 cm³/mol. The van der Waals surface area contributed by atoms with E-state index >= 15 is 0 Å². The van der Waals surface area contributed by atoms with Gasteiger partial charge < -0.3 is 15.7 Å². The van der Waals surface area contributed by atoms with Crippen LogP contribution in [0.2, 0.25) is 0 Å². The van der Waals surface area contributed by atoms with Crippen LogP contribution in [0.1, 0.15) is 6.42 Å². The third-order valence-corrected chi connectivity index (χ3v) is 3.17. The van der Waals surface area contributed by atoms with Gasteiger partial charge >= 0.3 is 0 Å². The van der Waals surface area contributed by atoms with Crippen molar-refractivity contribution in [1.29, 1.82) is 0 Å². The number of hydrogen-bond donors (Lipinski definition) is 3. The third kappa shape index (κ3) is 4.28. The first-order valence-electron chi connectivity index (χ1n) is 7.15. The molecule has 0 unspecified atom stereocenters. The highest BCUT2D eigenvalue weighted by molar-refractivity contribution is 5.90. The van der Waals surface area contributed by atoms with Gasteiger partial charge in [0.1, 0.15) is 5.82 Å². The minimum absolute atomic E-state index is 0. The molecule has 0 radical (unpaired) electrons. The van der Waals surface area contributed by atoms with Crippen LogP contribution in [-0.4, -0.2) is 33.2 Å². The molecule has 3 aromatic rings. The number of halogens is 1. The van der Waals surface area contributed by atoms with Gasteiger partial charge in [-0.1, -0.05) is 12.1 Å². The number of fused-ring (bicyclic) bond motifs is 1. The Kier molecular flexibility index (Phi) is 6.08. The summed E-state index contributed by atoms with van der Waals surface area (Å²) < 4.78 is 0. The van der Waals surface area contributed by atoms with Crippen LogP contribution in [0, 0.1) is 0 Å². The first kappa shape index (κ1) is 16.9. The lowest BCUT2D eigenvalue weighted by Gasteiger charge is -2.11. The maximum absolute atomic E-state index is 8.92.